The Morgan fingerprint density at radius 1 is 0.463 bits per heavy atom. The molecule has 2 unspecified atom stereocenters. The van der Waals surface area contributed by atoms with Crippen LogP contribution in [0.4, 0.5) is 0 Å². The molecule has 0 aromatic carbocycles. The van der Waals surface area contributed by atoms with Gasteiger partial charge in [-0.2, -0.15) is 0 Å². The molecule has 0 aromatic heterocycles. The Balaban J connectivity index is 4.34. The summed E-state index contributed by atoms with van der Waals surface area (Å²) in [6.45, 7) is 5.24. The van der Waals surface area contributed by atoms with E-state index in [1.165, 1.54) is 0 Å². The summed E-state index contributed by atoms with van der Waals surface area (Å²) >= 11 is 0. The maximum Gasteiger partial charge on any atom is 0.472 e. The van der Waals surface area contributed by atoms with E-state index in [1.54, 1.807) is 0 Å². The van der Waals surface area contributed by atoms with Crippen molar-refractivity contribution in [2.45, 2.75) is 161 Å². The fourth-order valence-corrected chi connectivity index (χ4v) is 6.77. The number of likely N-dealkylation sites (N-methyl/N-ethyl adjacent to an activating group) is 1. The number of allylic oxidation sites excluding steroid dienone is 24. The van der Waals surface area contributed by atoms with Crippen LogP contribution in [0.2, 0.25) is 0 Å². The molecule has 0 amide bonds. The Hall–Kier alpha value is -3.62. The summed E-state index contributed by atoms with van der Waals surface area (Å²) in [5.41, 5.74) is 0. The molecule has 2 atom stereocenters. The first kappa shape index (κ1) is 63.4. The first-order chi connectivity index (χ1) is 32.6. The van der Waals surface area contributed by atoms with Gasteiger partial charge < -0.3 is 18.9 Å². The predicted molar refractivity (Wildman–Crippen MR) is 288 cm³/mol. The molecular formula is C58H95NO7P+. The van der Waals surface area contributed by atoms with Gasteiger partial charge in [0.25, 0.3) is 0 Å². The number of nitrogens with zero attached hydrogens (tertiary/aromatic N) is 1. The molecule has 0 rings (SSSR count). The van der Waals surface area contributed by atoms with Crippen LogP contribution in [0.25, 0.3) is 0 Å². The van der Waals surface area contributed by atoms with E-state index >= 15 is 0 Å². The number of rotatable bonds is 45. The van der Waals surface area contributed by atoms with Crippen LogP contribution in [0.1, 0.15) is 155 Å². The topological polar surface area (TPSA) is 91.3 Å². The van der Waals surface area contributed by atoms with E-state index in [0.717, 1.165) is 128 Å². The standard InChI is InChI=1S/C58H94NO7P/c1-6-8-10-12-14-16-18-20-22-24-26-28-29-30-31-32-33-35-37-39-41-43-45-47-49-51-58(60)66-57(56-65-67(61,62)64-54-52-59(3,4)5)55-63-53-50-48-46-44-42-40-38-36-34-27-25-23-21-19-17-15-13-11-9-7-2/h8-11,14-17,20-23,26-28,30-31,33-35,38-41,57H,6-7,12-13,18-19,24-25,29,32,36-37,42-56H2,1-5H3/p+1/b10-8-,11-9-,16-14-,17-15-,22-20-,23-21-,28-26-,31-30-,34-27-,35-33-,40-38-,41-39-. The van der Waals surface area contributed by atoms with Crippen LogP contribution in [0.3, 0.4) is 0 Å². The second kappa shape index (κ2) is 48.8. The lowest BCUT2D eigenvalue weighted by atomic mass is 10.1. The SMILES string of the molecule is CC/C=C\C/C=C\C/C=C\C/C=C\C/C=C\C/C=C\C/C=C\CCCCCC(=O)OC(COCCCCCC/C=C\C/C=C\C/C=C\C/C=C\C/C=C\CC)COP(=O)(O)OCC[N+](C)(C)C. The van der Waals surface area contributed by atoms with Gasteiger partial charge in [0, 0.05) is 13.0 Å². The van der Waals surface area contributed by atoms with Crippen molar-refractivity contribution in [3.63, 3.8) is 0 Å². The van der Waals surface area contributed by atoms with Gasteiger partial charge in [-0.05, 0) is 116 Å². The zero-order valence-corrected chi connectivity index (χ0v) is 43.7. The van der Waals surface area contributed by atoms with Gasteiger partial charge in [-0.25, -0.2) is 4.57 Å². The molecule has 8 nitrogen and oxygen atoms in total. The minimum absolute atomic E-state index is 0.0665. The van der Waals surface area contributed by atoms with E-state index in [4.69, 9.17) is 18.5 Å². The highest BCUT2D eigenvalue weighted by atomic mass is 31.2. The maximum atomic E-state index is 12.8. The summed E-state index contributed by atoms with van der Waals surface area (Å²) in [4.78, 5) is 23.0. The Bertz CT molecular complexity index is 1570. The highest BCUT2D eigenvalue weighted by Crippen LogP contribution is 2.43. The molecule has 0 fully saturated rings. The van der Waals surface area contributed by atoms with Crippen molar-refractivity contribution in [1.82, 2.24) is 0 Å². The van der Waals surface area contributed by atoms with Crippen molar-refractivity contribution in [1.29, 1.82) is 0 Å². The number of ether oxygens (including phenoxy) is 2. The monoisotopic (exact) mass is 949 g/mol. The summed E-state index contributed by atoms with van der Waals surface area (Å²) in [7, 11) is 1.60. The normalized spacial score (nSPS) is 14.8. The van der Waals surface area contributed by atoms with Crippen LogP contribution < -0.4 is 0 Å². The Kier molecular flexibility index (Phi) is 46.2. The molecule has 0 aromatic rings. The minimum atomic E-state index is -4.31. The fourth-order valence-electron chi connectivity index (χ4n) is 6.03. The fraction of sp³-hybridized carbons (Fsp3) is 0.569. The lowest BCUT2D eigenvalue weighted by molar-refractivity contribution is -0.870. The highest BCUT2D eigenvalue weighted by molar-refractivity contribution is 7.47. The van der Waals surface area contributed by atoms with Crippen molar-refractivity contribution in [2.75, 3.05) is 54.1 Å². The van der Waals surface area contributed by atoms with Crippen LogP contribution >= 0.6 is 7.82 Å². The molecule has 67 heavy (non-hydrogen) atoms. The van der Waals surface area contributed by atoms with Crippen LogP contribution in [0.15, 0.2) is 146 Å². The van der Waals surface area contributed by atoms with Crippen LogP contribution in [0, 0.1) is 0 Å². The van der Waals surface area contributed by atoms with E-state index in [2.05, 4.69) is 160 Å². The smallest absolute Gasteiger partial charge is 0.457 e. The molecule has 0 aliphatic heterocycles. The molecule has 1 N–H and O–H groups in total. The first-order valence-electron chi connectivity index (χ1n) is 25.6. The second-order valence-corrected chi connectivity index (χ2v) is 18.9. The van der Waals surface area contributed by atoms with E-state index in [1.807, 2.05) is 21.1 Å². The molecule has 0 radical (unpaired) electrons. The summed E-state index contributed by atoms with van der Waals surface area (Å²) in [6.07, 6.45) is 73.3. The second-order valence-electron chi connectivity index (χ2n) is 17.4. The van der Waals surface area contributed by atoms with E-state index < -0.39 is 13.9 Å². The number of hydrogen-bond donors (Lipinski definition) is 1. The number of phosphoric ester groups is 1. The van der Waals surface area contributed by atoms with Crippen molar-refractivity contribution >= 4 is 13.8 Å². The molecule has 9 heteroatoms. The summed E-state index contributed by atoms with van der Waals surface area (Å²) < 4.78 is 35.1. The molecule has 0 bridgehead atoms. The number of unbranched alkanes of at least 4 members (excludes halogenated alkanes) is 7. The van der Waals surface area contributed by atoms with E-state index in [9.17, 15) is 14.3 Å². The molecule has 0 aliphatic carbocycles. The maximum absolute atomic E-state index is 12.8. The number of esters is 1. The van der Waals surface area contributed by atoms with Crippen LogP contribution in [0.5, 0.6) is 0 Å². The number of quaternary nitrogens is 1. The van der Waals surface area contributed by atoms with Crippen LogP contribution in [-0.2, 0) is 27.9 Å². The molecule has 0 heterocycles. The van der Waals surface area contributed by atoms with Gasteiger partial charge in [0.2, 0.25) is 0 Å². The molecule has 0 saturated carbocycles. The van der Waals surface area contributed by atoms with Gasteiger partial charge in [-0.15, -0.1) is 0 Å². The lowest BCUT2D eigenvalue weighted by Gasteiger charge is -2.24. The quantitative estimate of drug-likeness (QED) is 0.0214. The number of hydrogen-bond acceptors (Lipinski definition) is 6. The predicted octanol–water partition coefficient (Wildman–Crippen LogP) is 16.1. The Morgan fingerprint density at radius 2 is 0.821 bits per heavy atom. The zero-order valence-electron chi connectivity index (χ0n) is 42.8. The summed E-state index contributed by atoms with van der Waals surface area (Å²) in [6, 6.07) is 0. The minimum Gasteiger partial charge on any atom is -0.457 e. The van der Waals surface area contributed by atoms with Gasteiger partial charge in [-0.3, -0.25) is 13.8 Å². The molecule has 0 aliphatic rings. The molecule has 378 valence electrons. The number of phosphoric acid groups is 1. The van der Waals surface area contributed by atoms with Gasteiger partial charge in [0.1, 0.15) is 19.3 Å². The summed E-state index contributed by atoms with van der Waals surface area (Å²) in [5.74, 6) is -0.362. The van der Waals surface area contributed by atoms with Gasteiger partial charge in [0.05, 0.1) is 34.4 Å². The van der Waals surface area contributed by atoms with Gasteiger partial charge >= 0.3 is 13.8 Å². The Labute approximate surface area is 410 Å². The third-order valence-corrected chi connectivity index (χ3v) is 10.9. The summed E-state index contributed by atoms with van der Waals surface area (Å²) in [5, 5.41) is 0. The largest absolute Gasteiger partial charge is 0.472 e. The third kappa shape index (κ3) is 53.2. The van der Waals surface area contributed by atoms with Crippen molar-refractivity contribution in [3.8, 4) is 0 Å². The number of carbonyl (C=O) groups is 1. The van der Waals surface area contributed by atoms with Gasteiger partial charge in [-0.1, -0.05) is 179 Å². The molecular weight excluding hydrogens is 854 g/mol. The van der Waals surface area contributed by atoms with Crippen molar-refractivity contribution < 1.29 is 37.3 Å². The van der Waals surface area contributed by atoms with Crippen molar-refractivity contribution in [3.05, 3.63) is 146 Å². The van der Waals surface area contributed by atoms with Crippen molar-refractivity contribution in [2.24, 2.45) is 0 Å². The molecule has 0 saturated heterocycles. The highest BCUT2D eigenvalue weighted by Gasteiger charge is 2.26. The van der Waals surface area contributed by atoms with Gasteiger partial charge in [0.15, 0.2) is 0 Å². The lowest BCUT2D eigenvalue weighted by Crippen LogP contribution is -2.37. The number of carbonyl (C=O) groups excluding carboxylic acids is 1. The van der Waals surface area contributed by atoms with E-state index in [-0.39, 0.29) is 32.2 Å². The Morgan fingerprint density at radius 3 is 1.21 bits per heavy atom. The average Bonchev–Trinajstić information content (AvgIpc) is 3.29. The first-order valence-corrected chi connectivity index (χ1v) is 27.1. The average molecular weight is 949 g/mol. The van der Waals surface area contributed by atoms with E-state index in [0.29, 0.717) is 24.1 Å². The third-order valence-electron chi connectivity index (χ3n) is 9.90. The molecule has 0 spiro atoms. The zero-order chi connectivity index (χ0) is 49.0. The van der Waals surface area contributed by atoms with Crippen LogP contribution in [-0.4, -0.2) is 75.6 Å².